The third-order valence-corrected chi connectivity index (χ3v) is 1.63. The van der Waals surface area contributed by atoms with Crippen molar-refractivity contribution in [3.63, 3.8) is 0 Å². The Bertz CT molecular complexity index is 148. The van der Waals surface area contributed by atoms with Crippen LogP contribution in [0.3, 0.4) is 0 Å². The summed E-state index contributed by atoms with van der Waals surface area (Å²) in [6.07, 6.45) is 0.283. The highest BCUT2D eigenvalue weighted by atomic mass is 16.6. The summed E-state index contributed by atoms with van der Waals surface area (Å²) < 4.78 is 9.68. The fraction of sp³-hybridized carbons (Fsp3) is 0.833. The Morgan fingerprint density at radius 1 is 1.80 bits per heavy atom. The van der Waals surface area contributed by atoms with Gasteiger partial charge in [0, 0.05) is 13.5 Å². The largest absolute Gasteiger partial charge is 0.449 e. The standard InChI is InChI=1S/C6H11NO3/c1-6(9-2)3-4-10-5(8)7-6/h3-4H2,1-2H3,(H,7,8). The molecule has 1 N–H and O–H groups in total. The number of rotatable bonds is 1. The molecule has 1 saturated heterocycles. The van der Waals surface area contributed by atoms with Crippen molar-refractivity contribution in [2.24, 2.45) is 0 Å². The number of methoxy groups -OCH3 is 1. The van der Waals surface area contributed by atoms with Gasteiger partial charge in [0.15, 0.2) is 0 Å². The van der Waals surface area contributed by atoms with Crippen LogP contribution in [0.5, 0.6) is 0 Å². The molecule has 0 saturated carbocycles. The predicted octanol–water partition coefficient (Wildman–Crippen LogP) is 0.479. The zero-order valence-electron chi connectivity index (χ0n) is 6.14. The van der Waals surface area contributed by atoms with Crippen LogP contribution in [0.2, 0.25) is 0 Å². The average molecular weight is 145 g/mol. The fourth-order valence-corrected chi connectivity index (χ4v) is 0.806. The number of carbonyl (C=O) groups is 1. The summed E-state index contributed by atoms with van der Waals surface area (Å²) >= 11 is 0. The predicted molar refractivity (Wildman–Crippen MR) is 34.5 cm³/mol. The first-order valence-corrected chi connectivity index (χ1v) is 3.16. The van der Waals surface area contributed by atoms with Gasteiger partial charge in [-0.2, -0.15) is 0 Å². The van der Waals surface area contributed by atoms with Crippen molar-refractivity contribution in [3.8, 4) is 0 Å². The maximum absolute atomic E-state index is 10.6. The van der Waals surface area contributed by atoms with Crippen LogP contribution >= 0.6 is 0 Å². The Morgan fingerprint density at radius 2 is 2.50 bits per heavy atom. The molecule has 1 unspecified atom stereocenters. The Kier molecular flexibility index (Phi) is 1.80. The second-order valence-electron chi connectivity index (χ2n) is 2.45. The molecule has 1 rings (SSSR count). The molecule has 0 bridgehead atoms. The molecule has 4 heteroatoms. The maximum atomic E-state index is 10.6. The maximum Gasteiger partial charge on any atom is 0.409 e. The van der Waals surface area contributed by atoms with E-state index < -0.39 is 11.8 Å². The van der Waals surface area contributed by atoms with Crippen LogP contribution in [-0.2, 0) is 9.47 Å². The van der Waals surface area contributed by atoms with E-state index in [4.69, 9.17) is 4.74 Å². The molecule has 10 heavy (non-hydrogen) atoms. The van der Waals surface area contributed by atoms with Crippen LogP contribution in [0, 0.1) is 0 Å². The van der Waals surface area contributed by atoms with Crippen LogP contribution in [0.25, 0.3) is 0 Å². The number of hydrogen-bond donors (Lipinski definition) is 1. The van der Waals surface area contributed by atoms with Gasteiger partial charge in [-0.15, -0.1) is 0 Å². The molecule has 1 amide bonds. The normalized spacial score (nSPS) is 32.8. The van der Waals surface area contributed by atoms with Gasteiger partial charge in [0.25, 0.3) is 0 Å². The van der Waals surface area contributed by atoms with E-state index in [-0.39, 0.29) is 0 Å². The molecule has 1 fully saturated rings. The molecule has 0 aromatic heterocycles. The van der Waals surface area contributed by atoms with E-state index >= 15 is 0 Å². The summed E-state index contributed by atoms with van der Waals surface area (Å²) in [5, 5.41) is 2.56. The van der Waals surface area contributed by atoms with Gasteiger partial charge in [0.1, 0.15) is 5.72 Å². The molecule has 1 aliphatic rings. The van der Waals surface area contributed by atoms with E-state index in [9.17, 15) is 4.79 Å². The molecule has 0 radical (unpaired) electrons. The number of cyclic esters (lactones) is 1. The number of ether oxygens (including phenoxy) is 2. The van der Waals surface area contributed by atoms with E-state index in [1.165, 1.54) is 0 Å². The minimum atomic E-state index is -0.532. The lowest BCUT2D eigenvalue weighted by Gasteiger charge is -2.32. The van der Waals surface area contributed by atoms with Crippen molar-refractivity contribution in [2.45, 2.75) is 19.1 Å². The first kappa shape index (κ1) is 7.34. The number of carbonyl (C=O) groups excluding carboxylic acids is 1. The lowest BCUT2D eigenvalue weighted by atomic mass is 10.2. The molecular formula is C6H11NO3. The van der Waals surface area contributed by atoms with Gasteiger partial charge in [-0.1, -0.05) is 0 Å². The minimum absolute atomic E-state index is 0.407. The molecule has 0 aromatic carbocycles. The van der Waals surface area contributed by atoms with E-state index in [2.05, 4.69) is 10.1 Å². The van der Waals surface area contributed by atoms with E-state index in [1.54, 1.807) is 7.11 Å². The van der Waals surface area contributed by atoms with Crippen LogP contribution in [0.1, 0.15) is 13.3 Å². The Hall–Kier alpha value is -0.770. The van der Waals surface area contributed by atoms with Crippen molar-refractivity contribution < 1.29 is 14.3 Å². The van der Waals surface area contributed by atoms with Crippen molar-refractivity contribution in [2.75, 3.05) is 13.7 Å². The Balaban J connectivity index is 2.53. The van der Waals surface area contributed by atoms with Crippen molar-refractivity contribution in [1.29, 1.82) is 0 Å². The third kappa shape index (κ3) is 1.39. The van der Waals surface area contributed by atoms with Crippen molar-refractivity contribution in [3.05, 3.63) is 0 Å². The van der Waals surface area contributed by atoms with Gasteiger partial charge in [-0.3, -0.25) is 5.32 Å². The monoisotopic (exact) mass is 145 g/mol. The van der Waals surface area contributed by atoms with Gasteiger partial charge < -0.3 is 9.47 Å². The van der Waals surface area contributed by atoms with Crippen LogP contribution in [0.4, 0.5) is 4.79 Å². The zero-order valence-corrected chi connectivity index (χ0v) is 6.14. The molecule has 1 aliphatic heterocycles. The lowest BCUT2D eigenvalue weighted by molar-refractivity contribution is -0.0607. The van der Waals surface area contributed by atoms with Crippen LogP contribution < -0.4 is 5.32 Å². The SMILES string of the molecule is COC1(C)CCOC(=O)N1. The van der Waals surface area contributed by atoms with Crippen molar-refractivity contribution in [1.82, 2.24) is 5.32 Å². The molecule has 1 atom stereocenters. The third-order valence-electron chi connectivity index (χ3n) is 1.63. The minimum Gasteiger partial charge on any atom is -0.449 e. The smallest absolute Gasteiger partial charge is 0.409 e. The van der Waals surface area contributed by atoms with Crippen molar-refractivity contribution >= 4 is 6.09 Å². The first-order chi connectivity index (χ1) is 4.66. The molecule has 0 aliphatic carbocycles. The lowest BCUT2D eigenvalue weighted by Crippen LogP contribution is -2.52. The number of amides is 1. The van der Waals surface area contributed by atoms with E-state index in [1.807, 2.05) is 6.92 Å². The summed E-state index contributed by atoms with van der Waals surface area (Å²) in [7, 11) is 1.56. The molecular weight excluding hydrogens is 134 g/mol. The molecule has 0 spiro atoms. The summed E-state index contributed by atoms with van der Waals surface area (Å²) in [5.74, 6) is 0. The summed E-state index contributed by atoms with van der Waals surface area (Å²) in [6, 6.07) is 0. The van der Waals surface area contributed by atoms with E-state index in [0.29, 0.717) is 13.0 Å². The van der Waals surface area contributed by atoms with Gasteiger partial charge >= 0.3 is 6.09 Å². The van der Waals surface area contributed by atoms with Crippen LogP contribution in [0.15, 0.2) is 0 Å². The van der Waals surface area contributed by atoms with Gasteiger partial charge in [0.2, 0.25) is 0 Å². The zero-order chi connectivity index (χ0) is 7.61. The summed E-state index contributed by atoms with van der Waals surface area (Å²) in [6.45, 7) is 2.24. The number of hydrogen-bond acceptors (Lipinski definition) is 3. The highest BCUT2D eigenvalue weighted by molar-refractivity contribution is 5.68. The Morgan fingerprint density at radius 3 is 2.90 bits per heavy atom. The summed E-state index contributed by atoms with van der Waals surface area (Å²) in [5.41, 5.74) is -0.532. The number of nitrogens with one attached hydrogen (secondary N) is 1. The molecule has 0 aromatic rings. The highest BCUT2D eigenvalue weighted by Gasteiger charge is 2.30. The van der Waals surface area contributed by atoms with Gasteiger partial charge in [-0.25, -0.2) is 4.79 Å². The quantitative estimate of drug-likeness (QED) is 0.583. The Labute approximate surface area is 59.5 Å². The van der Waals surface area contributed by atoms with Gasteiger partial charge in [-0.05, 0) is 6.92 Å². The first-order valence-electron chi connectivity index (χ1n) is 3.16. The molecule has 58 valence electrons. The van der Waals surface area contributed by atoms with Gasteiger partial charge in [0.05, 0.1) is 6.61 Å². The molecule has 4 nitrogen and oxygen atoms in total. The summed E-state index contributed by atoms with van der Waals surface area (Å²) in [4.78, 5) is 10.6. The van der Waals surface area contributed by atoms with E-state index in [0.717, 1.165) is 0 Å². The molecule has 1 heterocycles. The fourth-order valence-electron chi connectivity index (χ4n) is 0.806. The highest BCUT2D eigenvalue weighted by Crippen LogP contribution is 2.14. The average Bonchev–Trinajstić information content (AvgIpc) is 1.88. The second kappa shape index (κ2) is 2.46. The van der Waals surface area contributed by atoms with Crippen LogP contribution in [-0.4, -0.2) is 25.5 Å². The topological polar surface area (TPSA) is 47.6 Å². The second-order valence-corrected chi connectivity index (χ2v) is 2.45. The number of alkyl carbamates (subject to hydrolysis) is 1.